The van der Waals surface area contributed by atoms with Gasteiger partial charge in [0.1, 0.15) is 5.82 Å². The van der Waals surface area contributed by atoms with Gasteiger partial charge < -0.3 is 4.57 Å². The first kappa shape index (κ1) is 16.0. The summed E-state index contributed by atoms with van der Waals surface area (Å²) in [7, 11) is 0. The van der Waals surface area contributed by atoms with Gasteiger partial charge >= 0.3 is 0 Å². The summed E-state index contributed by atoms with van der Waals surface area (Å²) in [6.07, 6.45) is 6.85. The Morgan fingerprint density at radius 3 is 2.84 bits per heavy atom. The first-order valence-electron chi connectivity index (χ1n) is 8.93. The average molecular weight is 332 g/mol. The first-order chi connectivity index (χ1) is 12.2. The molecule has 0 aliphatic carbocycles. The van der Waals surface area contributed by atoms with E-state index in [9.17, 15) is 0 Å². The molecule has 0 N–H and O–H groups in total. The average Bonchev–Trinajstić information content (AvgIpc) is 3.22. The Kier molecular flexibility index (Phi) is 4.36. The Labute approximate surface area is 149 Å². The molecule has 0 saturated carbocycles. The Bertz CT molecular complexity index is 853. The quantitative estimate of drug-likeness (QED) is 0.724. The van der Waals surface area contributed by atoms with Gasteiger partial charge in [-0.1, -0.05) is 29.8 Å². The zero-order valence-electron chi connectivity index (χ0n) is 14.9. The van der Waals surface area contributed by atoms with E-state index >= 15 is 0 Å². The fraction of sp³-hybridized carbons (Fsp3) is 0.333. The fourth-order valence-electron chi connectivity index (χ4n) is 3.85. The van der Waals surface area contributed by atoms with Crippen molar-refractivity contribution in [3.63, 3.8) is 0 Å². The van der Waals surface area contributed by atoms with Crippen LogP contribution in [-0.2, 0) is 6.54 Å². The lowest BCUT2D eigenvalue weighted by Gasteiger charge is -2.19. The highest BCUT2D eigenvalue weighted by Crippen LogP contribution is 2.30. The second-order valence-electron chi connectivity index (χ2n) is 7.00. The van der Waals surface area contributed by atoms with Crippen LogP contribution in [0.5, 0.6) is 0 Å². The van der Waals surface area contributed by atoms with E-state index < -0.39 is 0 Å². The highest BCUT2D eigenvalue weighted by Gasteiger charge is 2.27. The summed E-state index contributed by atoms with van der Waals surface area (Å²) < 4.78 is 2.40. The number of hydrogen-bond donors (Lipinski definition) is 0. The van der Waals surface area contributed by atoms with Crippen LogP contribution in [0.25, 0.3) is 11.4 Å². The van der Waals surface area contributed by atoms with Crippen molar-refractivity contribution < 1.29 is 0 Å². The number of aryl methyl sites for hydroxylation is 2. The molecule has 2 aromatic heterocycles. The maximum atomic E-state index is 4.66. The maximum Gasteiger partial charge on any atom is 0.141 e. The van der Waals surface area contributed by atoms with Crippen LogP contribution in [0.3, 0.4) is 0 Å². The third-order valence-electron chi connectivity index (χ3n) is 5.00. The lowest BCUT2D eigenvalue weighted by molar-refractivity contribution is 0.316. The molecule has 1 aliphatic rings. The number of imidazole rings is 1. The summed E-state index contributed by atoms with van der Waals surface area (Å²) in [6.45, 7) is 7.52. The molecule has 4 heteroatoms. The number of rotatable bonds is 4. The molecule has 4 rings (SSSR count). The van der Waals surface area contributed by atoms with Crippen LogP contribution in [0.4, 0.5) is 0 Å². The summed E-state index contributed by atoms with van der Waals surface area (Å²) in [5.74, 6) is 1.04. The Hall–Kier alpha value is -2.46. The van der Waals surface area contributed by atoms with Crippen LogP contribution in [-0.4, -0.2) is 32.5 Å². The lowest BCUT2D eigenvalue weighted by atomic mass is 10.1. The van der Waals surface area contributed by atoms with E-state index in [4.69, 9.17) is 0 Å². The van der Waals surface area contributed by atoms with Gasteiger partial charge in [0.2, 0.25) is 0 Å². The molecule has 128 valence electrons. The highest BCUT2D eigenvalue weighted by molar-refractivity contribution is 5.54. The minimum absolute atomic E-state index is 0.475. The summed E-state index contributed by atoms with van der Waals surface area (Å²) in [4.78, 5) is 11.5. The second kappa shape index (κ2) is 6.81. The molecule has 0 spiro atoms. The van der Waals surface area contributed by atoms with Crippen LogP contribution in [0, 0.1) is 13.8 Å². The fourth-order valence-corrected chi connectivity index (χ4v) is 3.85. The van der Waals surface area contributed by atoms with E-state index in [2.05, 4.69) is 63.6 Å². The standard InChI is InChI=1S/C21H24N4/c1-16-5-3-6-18(11-16)14-24-10-8-20(15-24)25-17(2)12-23-21(25)19-7-4-9-22-13-19/h3-7,9,11-13,20H,8,10,14-15H2,1-2H3. The highest BCUT2D eigenvalue weighted by atomic mass is 15.2. The summed E-state index contributed by atoms with van der Waals surface area (Å²) >= 11 is 0. The van der Waals surface area contributed by atoms with Crippen molar-refractivity contribution >= 4 is 0 Å². The van der Waals surface area contributed by atoms with Gasteiger partial charge in [-0.25, -0.2) is 4.98 Å². The van der Waals surface area contributed by atoms with Gasteiger partial charge in [-0.15, -0.1) is 0 Å². The van der Waals surface area contributed by atoms with Crippen LogP contribution in [0.2, 0.25) is 0 Å². The van der Waals surface area contributed by atoms with E-state index in [-0.39, 0.29) is 0 Å². The van der Waals surface area contributed by atoms with Gasteiger partial charge in [0.15, 0.2) is 0 Å². The van der Waals surface area contributed by atoms with Gasteiger partial charge in [-0.2, -0.15) is 0 Å². The van der Waals surface area contributed by atoms with E-state index in [1.807, 2.05) is 24.7 Å². The molecule has 1 atom stereocenters. The zero-order valence-corrected chi connectivity index (χ0v) is 14.9. The minimum atomic E-state index is 0.475. The molecule has 0 amide bonds. The van der Waals surface area contributed by atoms with E-state index in [1.54, 1.807) is 0 Å². The predicted molar refractivity (Wildman–Crippen MR) is 100 cm³/mol. The van der Waals surface area contributed by atoms with Crippen molar-refractivity contribution in [3.05, 3.63) is 71.8 Å². The SMILES string of the molecule is Cc1cccc(CN2CCC(n3c(C)cnc3-c3cccnc3)C2)c1. The number of pyridine rings is 1. The van der Waals surface area contributed by atoms with Crippen molar-refractivity contribution in [1.82, 2.24) is 19.4 Å². The van der Waals surface area contributed by atoms with Crippen molar-refractivity contribution in [2.24, 2.45) is 0 Å². The minimum Gasteiger partial charge on any atom is -0.324 e. The molecule has 0 bridgehead atoms. The topological polar surface area (TPSA) is 34.0 Å². The number of hydrogen-bond acceptors (Lipinski definition) is 3. The summed E-state index contributed by atoms with van der Waals surface area (Å²) in [6, 6.07) is 13.4. The molecule has 1 unspecified atom stereocenters. The molecule has 1 fully saturated rings. The summed E-state index contributed by atoms with van der Waals surface area (Å²) in [5.41, 5.74) is 5.04. The third kappa shape index (κ3) is 3.35. The predicted octanol–water partition coefficient (Wildman–Crippen LogP) is 4.01. The Morgan fingerprint density at radius 1 is 1.12 bits per heavy atom. The monoisotopic (exact) mass is 332 g/mol. The van der Waals surface area contributed by atoms with Gasteiger partial charge in [0.05, 0.1) is 0 Å². The Balaban J connectivity index is 1.53. The zero-order chi connectivity index (χ0) is 17.2. The van der Waals surface area contributed by atoms with Crippen LogP contribution < -0.4 is 0 Å². The molecule has 25 heavy (non-hydrogen) atoms. The maximum absolute atomic E-state index is 4.66. The van der Waals surface area contributed by atoms with Gasteiger partial charge in [0, 0.05) is 55.5 Å². The van der Waals surface area contributed by atoms with Crippen molar-refractivity contribution in [2.45, 2.75) is 32.9 Å². The van der Waals surface area contributed by atoms with E-state index in [1.165, 1.54) is 16.8 Å². The van der Waals surface area contributed by atoms with Gasteiger partial charge in [0.25, 0.3) is 0 Å². The molecule has 4 nitrogen and oxygen atoms in total. The molecular weight excluding hydrogens is 308 g/mol. The molecule has 1 aliphatic heterocycles. The van der Waals surface area contributed by atoms with Crippen molar-refractivity contribution in [1.29, 1.82) is 0 Å². The van der Waals surface area contributed by atoms with Crippen LogP contribution in [0.1, 0.15) is 29.3 Å². The Morgan fingerprint density at radius 2 is 2.04 bits per heavy atom. The third-order valence-corrected chi connectivity index (χ3v) is 5.00. The molecule has 3 aromatic rings. The second-order valence-corrected chi connectivity index (χ2v) is 7.00. The number of likely N-dealkylation sites (tertiary alicyclic amines) is 1. The number of nitrogens with zero attached hydrogens (tertiary/aromatic N) is 4. The number of aromatic nitrogens is 3. The molecule has 3 heterocycles. The van der Waals surface area contributed by atoms with Gasteiger partial charge in [-0.05, 0) is 38.0 Å². The molecule has 1 aromatic carbocycles. The molecular formula is C21H24N4. The van der Waals surface area contributed by atoms with E-state index in [0.717, 1.165) is 37.4 Å². The van der Waals surface area contributed by atoms with Crippen LogP contribution >= 0.6 is 0 Å². The molecule has 1 saturated heterocycles. The normalized spacial score (nSPS) is 17.9. The lowest BCUT2D eigenvalue weighted by Crippen LogP contribution is -2.22. The van der Waals surface area contributed by atoms with Crippen LogP contribution in [0.15, 0.2) is 55.0 Å². The smallest absolute Gasteiger partial charge is 0.141 e. The van der Waals surface area contributed by atoms with E-state index in [0.29, 0.717) is 6.04 Å². The molecule has 0 radical (unpaired) electrons. The van der Waals surface area contributed by atoms with Crippen molar-refractivity contribution in [3.8, 4) is 11.4 Å². The first-order valence-corrected chi connectivity index (χ1v) is 8.93. The number of benzene rings is 1. The van der Waals surface area contributed by atoms with Crippen molar-refractivity contribution in [2.75, 3.05) is 13.1 Å². The van der Waals surface area contributed by atoms with Gasteiger partial charge in [-0.3, -0.25) is 9.88 Å². The summed E-state index contributed by atoms with van der Waals surface area (Å²) in [5, 5.41) is 0. The largest absolute Gasteiger partial charge is 0.324 e.